The van der Waals surface area contributed by atoms with Crippen LogP contribution in [0.2, 0.25) is 5.15 Å². The Balaban J connectivity index is 2.42. The zero-order valence-electron chi connectivity index (χ0n) is 11.8. The number of hydrogen-bond donors (Lipinski definition) is 1. The van der Waals surface area contributed by atoms with Gasteiger partial charge in [0.25, 0.3) is 5.56 Å². The Bertz CT molecular complexity index is 576. The Kier molecular flexibility index (Phi) is 3.90. The van der Waals surface area contributed by atoms with Gasteiger partial charge in [-0.25, -0.2) is 4.79 Å². The first-order valence-electron chi connectivity index (χ1n) is 6.89. The van der Waals surface area contributed by atoms with Gasteiger partial charge in [0.15, 0.2) is 0 Å². The minimum absolute atomic E-state index is 0.00633. The summed E-state index contributed by atoms with van der Waals surface area (Å²) in [6.45, 7) is 6.33. The van der Waals surface area contributed by atoms with Crippen LogP contribution >= 0.6 is 11.6 Å². The van der Waals surface area contributed by atoms with Gasteiger partial charge < -0.3 is 0 Å². The lowest BCUT2D eigenvalue weighted by Crippen LogP contribution is -2.41. The summed E-state index contributed by atoms with van der Waals surface area (Å²) in [6, 6.07) is 0.00633. The van der Waals surface area contributed by atoms with E-state index in [1.165, 1.54) is 4.57 Å². The molecule has 1 N–H and O–H groups in total. The largest absolute Gasteiger partial charge is 0.329 e. The molecule has 2 rings (SSSR count). The van der Waals surface area contributed by atoms with Gasteiger partial charge in [-0.15, -0.1) is 0 Å². The zero-order chi connectivity index (χ0) is 14.2. The van der Waals surface area contributed by atoms with Crippen LogP contribution in [0.3, 0.4) is 0 Å². The van der Waals surface area contributed by atoms with Crippen LogP contribution in [0.1, 0.15) is 58.1 Å². The number of rotatable bonds is 2. The Labute approximate surface area is 117 Å². The van der Waals surface area contributed by atoms with E-state index >= 15 is 0 Å². The summed E-state index contributed by atoms with van der Waals surface area (Å²) in [5.74, 6) is 0. The minimum atomic E-state index is -0.378. The van der Waals surface area contributed by atoms with Crippen LogP contribution < -0.4 is 11.2 Å². The first-order chi connectivity index (χ1) is 8.85. The first-order valence-corrected chi connectivity index (χ1v) is 7.26. The van der Waals surface area contributed by atoms with Crippen LogP contribution in [0.5, 0.6) is 0 Å². The molecule has 1 fully saturated rings. The molecule has 4 nitrogen and oxygen atoms in total. The second-order valence-corrected chi connectivity index (χ2v) is 6.52. The summed E-state index contributed by atoms with van der Waals surface area (Å²) in [5.41, 5.74) is 0.219. The van der Waals surface area contributed by atoms with Crippen molar-refractivity contribution in [3.05, 3.63) is 31.6 Å². The predicted octanol–water partition coefficient (Wildman–Crippen LogP) is 2.89. The summed E-state index contributed by atoms with van der Waals surface area (Å²) < 4.78 is 1.37. The summed E-state index contributed by atoms with van der Waals surface area (Å²) in [5, 5.41) is 0.185. The number of aromatic amines is 1. The van der Waals surface area contributed by atoms with E-state index in [-0.39, 0.29) is 22.4 Å². The average Bonchev–Trinajstić information content (AvgIpc) is 2.31. The Hall–Kier alpha value is -1.03. The number of H-pyrrole nitrogens is 1. The molecule has 0 bridgehead atoms. The van der Waals surface area contributed by atoms with Gasteiger partial charge in [0, 0.05) is 6.04 Å². The maximum absolute atomic E-state index is 12.4. The van der Waals surface area contributed by atoms with E-state index in [0.717, 1.165) is 25.7 Å². The fraction of sp³-hybridized carbons (Fsp3) is 0.714. The van der Waals surface area contributed by atoms with E-state index in [4.69, 9.17) is 11.6 Å². The van der Waals surface area contributed by atoms with E-state index in [0.29, 0.717) is 17.4 Å². The van der Waals surface area contributed by atoms with E-state index < -0.39 is 0 Å². The van der Waals surface area contributed by atoms with Crippen molar-refractivity contribution in [1.82, 2.24) is 9.55 Å². The summed E-state index contributed by atoms with van der Waals surface area (Å²) in [6.07, 6.45) is 4.36. The molecule has 0 atom stereocenters. The predicted molar refractivity (Wildman–Crippen MR) is 77.0 cm³/mol. The highest BCUT2D eigenvalue weighted by atomic mass is 35.5. The summed E-state index contributed by atoms with van der Waals surface area (Å²) >= 11 is 5.92. The van der Waals surface area contributed by atoms with Crippen molar-refractivity contribution < 1.29 is 0 Å². The molecule has 1 aromatic heterocycles. The normalized spacial score (nSPS) is 19.6. The monoisotopic (exact) mass is 284 g/mol. The lowest BCUT2D eigenvalue weighted by Gasteiger charge is -2.34. The minimum Gasteiger partial charge on any atom is -0.297 e. The SMILES string of the molecule is CCc1c(Cl)[nH]c(=O)n(C2CCC(C)(C)CC2)c1=O. The molecule has 0 unspecified atom stereocenters. The van der Waals surface area contributed by atoms with Gasteiger partial charge >= 0.3 is 5.69 Å². The molecule has 0 aliphatic heterocycles. The van der Waals surface area contributed by atoms with Gasteiger partial charge in [-0.1, -0.05) is 32.4 Å². The van der Waals surface area contributed by atoms with Crippen LogP contribution in [0.4, 0.5) is 0 Å². The van der Waals surface area contributed by atoms with Gasteiger partial charge in [-0.3, -0.25) is 14.3 Å². The molecule has 5 heteroatoms. The van der Waals surface area contributed by atoms with Crippen LogP contribution in [-0.4, -0.2) is 9.55 Å². The first kappa shape index (κ1) is 14.4. The molecule has 1 aliphatic carbocycles. The molecular weight excluding hydrogens is 264 g/mol. The third-order valence-electron chi connectivity index (χ3n) is 4.20. The number of nitrogens with one attached hydrogen (secondary N) is 1. The lowest BCUT2D eigenvalue weighted by molar-refractivity contribution is 0.188. The van der Waals surface area contributed by atoms with Crippen LogP contribution in [0.25, 0.3) is 0 Å². The second kappa shape index (κ2) is 5.16. The van der Waals surface area contributed by atoms with Crippen LogP contribution in [0, 0.1) is 5.41 Å². The van der Waals surface area contributed by atoms with Crippen molar-refractivity contribution in [3.8, 4) is 0 Å². The maximum Gasteiger partial charge on any atom is 0.329 e. The molecule has 1 aliphatic rings. The molecule has 0 amide bonds. The zero-order valence-corrected chi connectivity index (χ0v) is 12.5. The van der Waals surface area contributed by atoms with E-state index in [1.54, 1.807) is 0 Å². The third-order valence-corrected chi connectivity index (χ3v) is 4.53. The van der Waals surface area contributed by atoms with Crippen molar-refractivity contribution >= 4 is 11.6 Å². The fourth-order valence-corrected chi connectivity index (χ4v) is 3.14. The van der Waals surface area contributed by atoms with E-state index in [2.05, 4.69) is 18.8 Å². The number of hydrogen-bond acceptors (Lipinski definition) is 2. The van der Waals surface area contributed by atoms with Crippen molar-refractivity contribution in [2.45, 2.75) is 58.9 Å². The Morgan fingerprint density at radius 1 is 1.32 bits per heavy atom. The topological polar surface area (TPSA) is 54.9 Å². The molecule has 19 heavy (non-hydrogen) atoms. The highest BCUT2D eigenvalue weighted by Gasteiger charge is 2.29. The Morgan fingerprint density at radius 3 is 2.42 bits per heavy atom. The smallest absolute Gasteiger partial charge is 0.297 e. The van der Waals surface area contributed by atoms with Crippen molar-refractivity contribution in [2.24, 2.45) is 5.41 Å². The van der Waals surface area contributed by atoms with Crippen LogP contribution in [0.15, 0.2) is 9.59 Å². The average molecular weight is 285 g/mol. The van der Waals surface area contributed by atoms with Gasteiger partial charge in [0.1, 0.15) is 5.15 Å². The van der Waals surface area contributed by atoms with Crippen molar-refractivity contribution in [2.75, 3.05) is 0 Å². The van der Waals surface area contributed by atoms with Crippen LogP contribution in [-0.2, 0) is 6.42 Å². The van der Waals surface area contributed by atoms with E-state index in [1.807, 2.05) is 6.92 Å². The van der Waals surface area contributed by atoms with Crippen molar-refractivity contribution in [1.29, 1.82) is 0 Å². The maximum atomic E-state index is 12.4. The fourth-order valence-electron chi connectivity index (χ4n) is 2.84. The number of nitrogens with zero attached hydrogens (tertiary/aromatic N) is 1. The molecular formula is C14H21ClN2O2. The molecule has 1 saturated carbocycles. The molecule has 0 radical (unpaired) electrons. The second-order valence-electron chi connectivity index (χ2n) is 6.15. The van der Waals surface area contributed by atoms with Crippen molar-refractivity contribution in [3.63, 3.8) is 0 Å². The van der Waals surface area contributed by atoms with E-state index in [9.17, 15) is 9.59 Å². The molecule has 0 spiro atoms. The summed E-state index contributed by atoms with van der Waals surface area (Å²) in [4.78, 5) is 27.0. The van der Waals surface area contributed by atoms with Gasteiger partial charge in [0.2, 0.25) is 0 Å². The molecule has 1 heterocycles. The highest BCUT2D eigenvalue weighted by molar-refractivity contribution is 6.30. The number of aromatic nitrogens is 2. The molecule has 0 saturated heterocycles. The highest BCUT2D eigenvalue weighted by Crippen LogP contribution is 2.39. The molecule has 1 aromatic rings. The van der Waals surface area contributed by atoms with Gasteiger partial charge in [-0.05, 0) is 37.5 Å². The van der Waals surface area contributed by atoms with Gasteiger partial charge in [0.05, 0.1) is 5.56 Å². The molecule has 0 aromatic carbocycles. The third kappa shape index (κ3) is 2.78. The standard InChI is InChI=1S/C14H21ClN2O2/c1-4-10-11(15)16-13(19)17(12(10)18)9-5-7-14(2,3)8-6-9/h9H,4-8H2,1-3H3,(H,16,19). The lowest BCUT2D eigenvalue weighted by atomic mass is 9.75. The quantitative estimate of drug-likeness (QED) is 0.849. The molecule has 106 valence electrons. The summed E-state index contributed by atoms with van der Waals surface area (Å²) in [7, 11) is 0. The van der Waals surface area contributed by atoms with Gasteiger partial charge in [-0.2, -0.15) is 0 Å². The Morgan fingerprint density at radius 2 is 1.89 bits per heavy atom. The number of halogens is 1.